The smallest absolute Gasteiger partial charge is 0.271 e. The van der Waals surface area contributed by atoms with E-state index >= 15 is 0 Å². The van der Waals surface area contributed by atoms with Crippen LogP contribution in [0.15, 0.2) is 24.4 Å². The van der Waals surface area contributed by atoms with Crippen LogP contribution in [0.25, 0.3) is 10.9 Å². The number of aromatic amines is 1. The minimum absolute atomic E-state index is 0.0263. The van der Waals surface area contributed by atoms with Crippen molar-refractivity contribution in [2.24, 2.45) is 0 Å². The summed E-state index contributed by atoms with van der Waals surface area (Å²) in [5, 5.41) is 14.0. The zero-order valence-corrected chi connectivity index (χ0v) is 11.0. The number of rotatable bonds is 2. The predicted molar refractivity (Wildman–Crippen MR) is 73.9 cm³/mol. The molecule has 8 nitrogen and oxygen atoms in total. The van der Waals surface area contributed by atoms with Gasteiger partial charge in [0, 0.05) is 36.8 Å². The summed E-state index contributed by atoms with van der Waals surface area (Å²) in [6.07, 6.45) is 1.52. The van der Waals surface area contributed by atoms with Crippen LogP contribution in [0.3, 0.4) is 0 Å². The first kappa shape index (κ1) is 13.1. The van der Waals surface area contributed by atoms with Crippen LogP contribution >= 0.6 is 0 Å². The largest absolute Gasteiger partial charge is 0.360 e. The lowest BCUT2D eigenvalue weighted by molar-refractivity contribution is -0.384. The van der Waals surface area contributed by atoms with Crippen molar-refractivity contribution < 1.29 is 14.5 Å². The molecule has 0 radical (unpaired) electrons. The molecule has 2 heterocycles. The predicted octanol–water partition coefficient (Wildman–Crippen LogP) is 0.648. The van der Waals surface area contributed by atoms with Crippen LogP contribution in [0, 0.1) is 10.1 Å². The van der Waals surface area contributed by atoms with Crippen LogP contribution < -0.4 is 5.32 Å². The SMILES string of the molecule is O=C1CN(C(=O)c2c[nH]c3cc([N+](=O)[O-])ccc23)CCN1. The van der Waals surface area contributed by atoms with Crippen LogP contribution in [-0.4, -0.2) is 46.3 Å². The van der Waals surface area contributed by atoms with Gasteiger partial charge in [0.25, 0.3) is 11.6 Å². The molecule has 2 N–H and O–H groups in total. The highest BCUT2D eigenvalue weighted by molar-refractivity contribution is 6.08. The Bertz CT molecular complexity index is 752. The highest BCUT2D eigenvalue weighted by atomic mass is 16.6. The van der Waals surface area contributed by atoms with Gasteiger partial charge in [0.2, 0.25) is 5.91 Å². The molecule has 2 amide bonds. The van der Waals surface area contributed by atoms with E-state index in [0.29, 0.717) is 29.6 Å². The third-order valence-corrected chi connectivity index (χ3v) is 3.43. The number of amides is 2. The molecule has 1 fully saturated rings. The number of non-ortho nitro benzene ring substituents is 1. The third-order valence-electron chi connectivity index (χ3n) is 3.43. The molecule has 108 valence electrons. The fraction of sp³-hybridized carbons (Fsp3) is 0.231. The summed E-state index contributed by atoms with van der Waals surface area (Å²) < 4.78 is 0. The fourth-order valence-electron chi connectivity index (χ4n) is 2.39. The second-order valence-corrected chi connectivity index (χ2v) is 4.77. The second-order valence-electron chi connectivity index (χ2n) is 4.77. The van der Waals surface area contributed by atoms with Gasteiger partial charge >= 0.3 is 0 Å². The first-order valence-electron chi connectivity index (χ1n) is 6.38. The summed E-state index contributed by atoms with van der Waals surface area (Å²) in [6, 6.07) is 4.28. The Morgan fingerprint density at radius 3 is 2.90 bits per heavy atom. The highest BCUT2D eigenvalue weighted by Gasteiger charge is 2.24. The molecule has 1 aliphatic rings. The average Bonchev–Trinajstić information content (AvgIpc) is 2.89. The van der Waals surface area contributed by atoms with E-state index in [-0.39, 0.29) is 24.0 Å². The summed E-state index contributed by atoms with van der Waals surface area (Å²) in [7, 11) is 0. The normalized spacial score (nSPS) is 15.0. The van der Waals surface area contributed by atoms with Crippen molar-refractivity contribution in [3.63, 3.8) is 0 Å². The molecule has 21 heavy (non-hydrogen) atoms. The number of carbonyl (C=O) groups is 2. The monoisotopic (exact) mass is 288 g/mol. The first-order chi connectivity index (χ1) is 10.1. The van der Waals surface area contributed by atoms with Gasteiger partial charge in [-0.2, -0.15) is 0 Å². The van der Waals surface area contributed by atoms with Gasteiger partial charge in [0.05, 0.1) is 22.5 Å². The maximum Gasteiger partial charge on any atom is 0.271 e. The van der Waals surface area contributed by atoms with Gasteiger partial charge in [-0.3, -0.25) is 19.7 Å². The van der Waals surface area contributed by atoms with Gasteiger partial charge in [-0.05, 0) is 6.07 Å². The molecule has 0 atom stereocenters. The number of nitrogens with zero attached hydrogens (tertiary/aromatic N) is 2. The molecule has 1 saturated heterocycles. The highest BCUT2D eigenvalue weighted by Crippen LogP contribution is 2.24. The summed E-state index contributed by atoms with van der Waals surface area (Å²) in [6.45, 7) is 0.904. The van der Waals surface area contributed by atoms with Crippen LogP contribution in [0.4, 0.5) is 5.69 Å². The number of nitro groups is 1. The lowest BCUT2D eigenvalue weighted by atomic mass is 10.1. The number of H-pyrrole nitrogens is 1. The van der Waals surface area contributed by atoms with Crippen LogP contribution in [-0.2, 0) is 4.79 Å². The summed E-state index contributed by atoms with van der Waals surface area (Å²) in [4.78, 5) is 38.3. The van der Waals surface area contributed by atoms with E-state index in [2.05, 4.69) is 10.3 Å². The number of nitro benzene ring substituents is 1. The van der Waals surface area contributed by atoms with Crippen molar-refractivity contribution in [2.75, 3.05) is 19.6 Å². The number of nitrogens with one attached hydrogen (secondary N) is 2. The number of hydrogen-bond acceptors (Lipinski definition) is 4. The Labute approximate surface area is 118 Å². The van der Waals surface area contributed by atoms with Gasteiger partial charge in [-0.15, -0.1) is 0 Å². The van der Waals surface area contributed by atoms with E-state index < -0.39 is 4.92 Å². The van der Waals surface area contributed by atoms with Gasteiger partial charge in [0.15, 0.2) is 0 Å². The maximum atomic E-state index is 12.4. The van der Waals surface area contributed by atoms with Crippen molar-refractivity contribution in [3.8, 4) is 0 Å². The molecule has 0 saturated carbocycles. The summed E-state index contributed by atoms with van der Waals surface area (Å²) in [5.74, 6) is -0.449. The van der Waals surface area contributed by atoms with E-state index in [1.54, 1.807) is 6.07 Å². The molecule has 1 aliphatic heterocycles. The van der Waals surface area contributed by atoms with E-state index in [1.165, 1.54) is 23.2 Å². The van der Waals surface area contributed by atoms with Crippen LogP contribution in [0.1, 0.15) is 10.4 Å². The molecule has 0 spiro atoms. The lowest BCUT2D eigenvalue weighted by Crippen LogP contribution is -2.49. The minimum Gasteiger partial charge on any atom is -0.360 e. The van der Waals surface area contributed by atoms with E-state index in [1.807, 2.05) is 0 Å². The molecule has 0 bridgehead atoms. The standard InChI is InChI=1S/C13H12N4O4/c18-12-7-16(4-3-14-12)13(19)10-6-15-11-5-8(17(20)21)1-2-9(10)11/h1-2,5-6,15H,3-4,7H2,(H,14,18). The van der Waals surface area contributed by atoms with Gasteiger partial charge in [-0.1, -0.05) is 0 Å². The summed E-state index contributed by atoms with van der Waals surface area (Å²) >= 11 is 0. The Hall–Kier alpha value is -2.90. The Kier molecular flexibility index (Phi) is 3.05. The van der Waals surface area contributed by atoms with Crippen molar-refractivity contribution in [2.45, 2.75) is 0 Å². The third kappa shape index (κ3) is 2.31. The van der Waals surface area contributed by atoms with E-state index in [9.17, 15) is 19.7 Å². The van der Waals surface area contributed by atoms with E-state index in [4.69, 9.17) is 0 Å². The number of piperazine rings is 1. The molecule has 1 aromatic heterocycles. The van der Waals surface area contributed by atoms with Gasteiger partial charge in [-0.25, -0.2) is 0 Å². The molecule has 3 rings (SSSR count). The Balaban J connectivity index is 1.95. The number of fused-ring (bicyclic) bond motifs is 1. The molecule has 8 heteroatoms. The zero-order chi connectivity index (χ0) is 15.0. The van der Waals surface area contributed by atoms with Crippen molar-refractivity contribution in [1.82, 2.24) is 15.2 Å². The molecule has 1 aromatic carbocycles. The molecular weight excluding hydrogens is 276 g/mol. The molecule has 2 aromatic rings. The lowest BCUT2D eigenvalue weighted by Gasteiger charge is -2.26. The molecular formula is C13H12N4O4. The average molecular weight is 288 g/mol. The molecule has 0 unspecified atom stereocenters. The first-order valence-corrected chi connectivity index (χ1v) is 6.38. The topological polar surface area (TPSA) is 108 Å². The van der Waals surface area contributed by atoms with Gasteiger partial charge in [0.1, 0.15) is 0 Å². The van der Waals surface area contributed by atoms with Crippen molar-refractivity contribution >= 4 is 28.4 Å². The van der Waals surface area contributed by atoms with Crippen LogP contribution in [0.5, 0.6) is 0 Å². The number of aromatic nitrogens is 1. The maximum absolute atomic E-state index is 12.4. The summed E-state index contributed by atoms with van der Waals surface area (Å²) in [5.41, 5.74) is 0.893. The van der Waals surface area contributed by atoms with Gasteiger partial charge < -0.3 is 15.2 Å². The van der Waals surface area contributed by atoms with Crippen LogP contribution in [0.2, 0.25) is 0 Å². The number of carbonyl (C=O) groups excluding carboxylic acids is 2. The minimum atomic E-state index is -0.489. The number of hydrogen-bond donors (Lipinski definition) is 2. The second kappa shape index (κ2) is 4.89. The number of benzene rings is 1. The Morgan fingerprint density at radius 2 is 2.19 bits per heavy atom. The van der Waals surface area contributed by atoms with Crippen molar-refractivity contribution in [3.05, 3.63) is 40.1 Å². The Morgan fingerprint density at radius 1 is 1.38 bits per heavy atom. The van der Waals surface area contributed by atoms with Crippen molar-refractivity contribution in [1.29, 1.82) is 0 Å². The van der Waals surface area contributed by atoms with E-state index in [0.717, 1.165) is 0 Å². The molecule has 0 aliphatic carbocycles. The fourth-order valence-corrected chi connectivity index (χ4v) is 2.39. The quantitative estimate of drug-likeness (QED) is 0.624. The zero-order valence-electron chi connectivity index (χ0n) is 11.0.